The predicted molar refractivity (Wildman–Crippen MR) is 139 cm³/mol. The number of nitrogens with zero attached hydrogens (tertiary/aromatic N) is 1. The number of ether oxygens (including phenoxy) is 1. The molecular weight excluding hydrogens is 504 g/mol. The summed E-state index contributed by atoms with van der Waals surface area (Å²) in [6.07, 6.45) is 1.37. The van der Waals surface area contributed by atoms with E-state index in [0.717, 1.165) is 18.3 Å². The SMILES string of the molecule is CC(C)[C@H](NC(=O)C(C)(F)F)[C@H](Oc1ccc(Nc2ccc(=O)n(C)c2)c(C=N)c1)c1cc(F)cc(F)c1.[HH]. The summed E-state index contributed by atoms with van der Waals surface area (Å²) in [5, 5.41) is 13.2. The molecule has 3 rings (SSSR count). The zero-order valence-corrected chi connectivity index (χ0v) is 21.2. The maximum absolute atomic E-state index is 14.1. The largest absolute Gasteiger partial charge is 0.484 e. The quantitative estimate of drug-likeness (QED) is 0.234. The molecule has 3 aromatic rings. The van der Waals surface area contributed by atoms with Crippen LogP contribution in [0.25, 0.3) is 0 Å². The van der Waals surface area contributed by atoms with Crippen molar-refractivity contribution in [3.63, 3.8) is 0 Å². The molecule has 11 heteroatoms. The van der Waals surface area contributed by atoms with Gasteiger partial charge in [0.25, 0.3) is 5.91 Å². The Hall–Kier alpha value is -4.15. The van der Waals surface area contributed by atoms with Gasteiger partial charge in [-0.25, -0.2) is 8.78 Å². The van der Waals surface area contributed by atoms with Gasteiger partial charge in [0, 0.05) is 56.8 Å². The number of hydrogen-bond donors (Lipinski definition) is 3. The number of nitrogens with one attached hydrogen (secondary N) is 3. The van der Waals surface area contributed by atoms with Crippen molar-refractivity contribution in [2.75, 3.05) is 5.32 Å². The Morgan fingerprint density at radius 2 is 1.76 bits per heavy atom. The molecule has 7 nitrogen and oxygen atoms in total. The zero-order chi connectivity index (χ0) is 28.2. The molecule has 0 aliphatic carbocycles. The number of carbonyl (C=O) groups is 1. The molecule has 0 radical (unpaired) electrons. The van der Waals surface area contributed by atoms with E-state index in [9.17, 15) is 27.2 Å². The topological polar surface area (TPSA) is 96.2 Å². The summed E-state index contributed by atoms with van der Waals surface area (Å²) < 4.78 is 63.1. The number of amides is 1. The van der Waals surface area contributed by atoms with E-state index in [4.69, 9.17) is 10.1 Å². The number of rotatable bonds is 10. The molecule has 0 unspecified atom stereocenters. The van der Waals surface area contributed by atoms with Crippen molar-refractivity contribution in [2.24, 2.45) is 13.0 Å². The van der Waals surface area contributed by atoms with E-state index < -0.39 is 41.5 Å². The summed E-state index contributed by atoms with van der Waals surface area (Å²) in [5.41, 5.74) is 1.24. The molecule has 0 aliphatic heterocycles. The van der Waals surface area contributed by atoms with Crippen LogP contribution in [0.1, 0.15) is 39.4 Å². The van der Waals surface area contributed by atoms with E-state index in [1.165, 1.54) is 22.8 Å². The van der Waals surface area contributed by atoms with Gasteiger partial charge in [0.15, 0.2) is 0 Å². The molecule has 0 fully saturated rings. The Labute approximate surface area is 218 Å². The number of halogens is 4. The predicted octanol–water partition coefficient (Wildman–Crippen LogP) is 5.57. The molecule has 2 atom stereocenters. The molecule has 1 amide bonds. The first-order chi connectivity index (χ1) is 17.8. The standard InChI is InChI=1S/C27H28F4N4O3.H2/c1-15(2)24(34-26(37)27(3,30)31)25(16-9-18(28)12-19(29)10-16)38-21-6-7-22(17(11-21)13-32)33-20-5-8-23(36)35(4)14-20;/h5-15,24-25,32-33H,1-4H3,(H,34,37);1H/t24-,25+;/m0./s1. The molecule has 204 valence electrons. The van der Waals surface area contributed by atoms with Crippen LogP contribution in [0.3, 0.4) is 0 Å². The fraction of sp³-hybridized carbons (Fsp3) is 0.296. The Kier molecular flexibility index (Phi) is 8.60. The van der Waals surface area contributed by atoms with E-state index >= 15 is 0 Å². The van der Waals surface area contributed by atoms with E-state index in [-0.39, 0.29) is 18.3 Å². The first-order valence-electron chi connectivity index (χ1n) is 11.7. The van der Waals surface area contributed by atoms with E-state index in [1.54, 1.807) is 39.2 Å². The second kappa shape index (κ2) is 11.5. The van der Waals surface area contributed by atoms with Crippen LogP contribution in [-0.4, -0.2) is 28.7 Å². The van der Waals surface area contributed by atoms with Crippen molar-refractivity contribution in [3.8, 4) is 5.75 Å². The number of benzene rings is 2. The summed E-state index contributed by atoms with van der Waals surface area (Å²) in [4.78, 5) is 23.8. The third-order valence-corrected chi connectivity index (χ3v) is 5.76. The monoisotopic (exact) mass is 534 g/mol. The summed E-state index contributed by atoms with van der Waals surface area (Å²) >= 11 is 0. The fourth-order valence-electron chi connectivity index (χ4n) is 3.78. The molecular formula is C27H30F4N4O3. The second-order valence-corrected chi connectivity index (χ2v) is 9.26. The fourth-order valence-corrected chi connectivity index (χ4v) is 3.78. The second-order valence-electron chi connectivity index (χ2n) is 9.26. The van der Waals surface area contributed by atoms with Gasteiger partial charge < -0.3 is 25.3 Å². The maximum atomic E-state index is 14.1. The molecule has 38 heavy (non-hydrogen) atoms. The number of pyridine rings is 1. The van der Waals surface area contributed by atoms with Crippen LogP contribution in [0.4, 0.5) is 28.9 Å². The lowest BCUT2D eigenvalue weighted by molar-refractivity contribution is -0.145. The van der Waals surface area contributed by atoms with Gasteiger partial charge in [-0.15, -0.1) is 0 Å². The molecule has 0 saturated heterocycles. The van der Waals surface area contributed by atoms with Gasteiger partial charge in [-0.2, -0.15) is 8.78 Å². The van der Waals surface area contributed by atoms with Crippen molar-refractivity contribution in [2.45, 2.75) is 38.8 Å². The van der Waals surface area contributed by atoms with Crippen molar-refractivity contribution in [1.29, 1.82) is 5.41 Å². The van der Waals surface area contributed by atoms with E-state index in [0.29, 0.717) is 29.9 Å². The molecule has 0 saturated carbocycles. The molecule has 3 N–H and O–H groups in total. The number of anilines is 2. The summed E-state index contributed by atoms with van der Waals surface area (Å²) in [6.45, 7) is 3.74. The Balaban J connectivity index is 0.00000533. The smallest absolute Gasteiger partial charge is 0.321 e. The number of hydrogen-bond acceptors (Lipinski definition) is 5. The minimum absolute atomic E-state index is 0. The number of carbonyl (C=O) groups excluding carboxylic acids is 1. The third kappa shape index (κ3) is 6.99. The number of aryl methyl sites for hydroxylation is 1. The van der Waals surface area contributed by atoms with Gasteiger partial charge in [0.1, 0.15) is 23.5 Å². The third-order valence-electron chi connectivity index (χ3n) is 5.76. The van der Waals surface area contributed by atoms with Gasteiger partial charge in [-0.05, 0) is 42.3 Å². The average Bonchev–Trinajstić information content (AvgIpc) is 2.82. The highest BCUT2D eigenvalue weighted by atomic mass is 19.3. The van der Waals surface area contributed by atoms with Crippen molar-refractivity contribution in [1.82, 2.24) is 9.88 Å². The molecule has 0 bridgehead atoms. The summed E-state index contributed by atoms with van der Waals surface area (Å²) in [5.74, 6) is -7.37. The highest BCUT2D eigenvalue weighted by molar-refractivity contribution is 5.88. The average molecular weight is 535 g/mol. The van der Waals surface area contributed by atoms with Crippen molar-refractivity contribution in [3.05, 3.63) is 87.8 Å². The van der Waals surface area contributed by atoms with Crippen LogP contribution >= 0.6 is 0 Å². The Morgan fingerprint density at radius 3 is 2.32 bits per heavy atom. The van der Waals surface area contributed by atoms with Crippen molar-refractivity contribution < 1.29 is 28.5 Å². The van der Waals surface area contributed by atoms with Crippen LogP contribution < -0.4 is 20.9 Å². The van der Waals surface area contributed by atoms with Crippen LogP contribution in [0.15, 0.2) is 59.5 Å². The van der Waals surface area contributed by atoms with E-state index in [2.05, 4.69) is 10.6 Å². The minimum Gasteiger partial charge on any atom is -0.484 e. The Morgan fingerprint density at radius 1 is 1.11 bits per heavy atom. The molecule has 1 aromatic heterocycles. The highest BCUT2D eigenvalue weighted by Crippen LogP contribution is 2.32. The van der Waals surface area contributed by atoms with E-state index in [1.807, 2.05) is 0 Å². The van der Waals surface area contributed by atoms with Gasteiger partial charge in [-0.1, -0.05) is 13.8 Å². The lowest BCUT2D eigenvalue weighted by Gasteiger charge is -2.32. The van der Waals surface area contributed by atoms with Gasteiger partial charge >= 0.3 is 5.92 Å². The van der Waals surface area contributed by atoms with Gasteiger partial charge in [0.2, 0.25) is 5.56 Å². The van der Waals surface area contributed by atoms with Crippen LogP contribution in [0.2, 0.25) is 0 Å². The minimum atomic E-state index is -3.69. The number of alkyl halides is 2. The van der Waals surface area contributed by atoms with Gasteiger partial charge in [-0.3, -0.25) is 9.59 Å². The molecule has 2 aromatic carbocycles. The van der Waals surface area contributed by atoms with Crippen LogP contribution in [-0.2, 0) is 11.8 Å². The summed E-state index contributed by atoms with van der Waals surface area (Å²) in [6, 6.07) is 9.13. The molecule has 0 spiro atoms. The number of aromatic nitrogens is 1. The lowest BCUT2D eigenvalue weighted by Crippen LogP contribution is -2.49. The van der Waals surface area contributed by atoms with Gasteiger partial charge in [0.05, 0.1) is 11.7 Å². The lowest BCUT2D eigenvalue weighted by atomic mass is 9.92. The first kappa shape index (κ1) is 28.4. The normalized spacial score (nSPS) is 13.1. The van der Waals surface area contributed by atoms with Crippen LogP contribution in [0.5, 0.6) is 5.75 Å². The van der Waals surface area contributed by atoms with Crippen LogP contribution in [0, 0.1) is 23.0 Å². The zero-order valence-electron chi connectivity index (χ0n) is 21.2. The summed E-state index contributed by atoms with van der Waals surface area (Å²) in [7, 11) is 1.59. The molecule has 1 heterocycles. The maximum Gasteiger partial charge on any atom is 0.321 e. The van der Waals surface area contributed by atoms with Crippen molar-refractivity contribution >= 4 is 23.5 Å². The Bertz CT molecular complexity index is 1370. The highest BCUT2D eigenvalue weighted by Gasteiger charge is 2.38. The molecule has 0 aliphatic rings. The first-order valence-corrected chi connectivity index (χ1v) is 11.7.